The van der Waals surface area contributed by atoms with Crippen LogP contribution in [-0.2, 0) is 25.4 Å². The molecule has 4 aliphatic rings. The van der Waals surface area contributed by atoms with Crippen LogP contribution in [0.4, 0.5) is 26.3 Å². The zero-order valence-electron chi connectivity index (χ0n) is 19.7. The zero-order valence-corrected chi connectivity index (χ0v) is 19.7. The number of fused-ring (bicyclic) bond motifs is 1. The third-order valence-corrected chi connectivity index (χ3v) is 7.18. The summed E-state index contributed by atoms with van der Waals surface area (Å²) < 4.78 is 94.3. The topological polar surface area (TPSA) is 60.4 Å². The van der Waals surface area contributed by atoms with Crippen LogP contribution in [0.2, 0.25) is 0 Å². The van der Waals surface area contributed by atoms with E-state index in [-0.39, 0.29) is 30.9 Å². The highest BCUT2D eigenvalue weighted by molar-refractivity contribution is 6.14. The number of hydrogen-bond acceptors (Lipinski definition) is 5. The summed E-state index contributed by atoms with van der Waals surface area (Å²) >= 11 is 0. The van der Waals surface area contributed by atoms with Crippen molar-refractivity contribution in [2.75, 3.05) is 19.8 Å². The molecule has 37 heavy (non-hydrogen) atoms. The number of carbonyl (C=O) groups excluding carboxylic acids is 1. The molecule has 3 aliphatic heterocycles. The van der Waals surface area contributed by atoms with E-state index in [0.717, 1.165) is 17.7 Å². The summed E-state index contributed by atoms with van der Waals surface area (Å²) in [7, 11) is 0. The molecule has 0 unspecified atom stereocenters. The molecule has 5 rings (SSSR count). The van der Waals surface area contributed by atoms with Gasteiger partial charge in [-0.1, -0.05) is 30.3 Å². The Hall–Kier alpha value is -2.70. The van der Waals surface area contributed by atoms with Gasteiger partial charge in [0.2, 0.25) is 11.7 Å². The van der Waals surface area contributed by atoms with E-state index in [1.807, 2.05) is 30.3 Å². The average Bonchev–Trinajstić information content (AvgIpc) is 3.30. The molecule has 0 radical (unpaired) electrons. The van der Waals surface area contributed by atoms with E-state index in [4.69, 9.17) is 14.2 Å². The van der Waals surface area contributed by atoms with Crippen molar-refractivity contribution in [1.29, 1.82) is 0 Å². The largest absolute Gasteiger partial charge is 0.411 e. The first-order valence-corrected chi connectivity index (χ1v) is 11.7. The Morgan fingerprint density at radius 3 is 2.35 bits per heavy atom. The summed E-state index contributed by atoms with van der Waals surface area (Å²) in [6, 6.07) is 8.97. The highest BCUT2D eigenvalue weighted by Crippen LogP contribution is 2.56. The monoisotopic (exact) mass is 530 g/mol. The SMILES string of the molecule is C[C@@]12N=C3C=CC(OCC(F)(F)F)(OCC(F)(F)F)C=C3[C@@]13CCC(=O)N3[C@@H](Cc1ccccc1)CO2. The zero-order chi connectivity index (χ0) is 26.7. The van der Waals surface area contributed by atoms with E-state index in [9.17, 15) is 31.1 Å². The van der Waals surface area contributed by atoms with Crippen molar-refractivity contribution in [3.8, 4) is 0 Å². The van der Waals surface area contributed by atoms with Gasteiger partial charge in [0.25, 0.3) is 0 Å². The Labute approximate surface area is 208 Å². The number of aliphatic imine (C=N–C) groups is 1. The molecule has 3 heterocycles. The first-order chi connectivity index (χ1) is 17.3. The van der Waals surface area contributed by atoms with Crippen molar-refractivity contribution in [3.05, 3.63) is 59.7 Å². The van der Waals surface area contributed by atoms with Crippen LogP contribution in [0, 0.1) is 0 Å². The van der Waals surface area contributed by atoms with Crippen molar-refractivity contribution in [1.82, 2.24) is 4.90 Å². The number of halogens is 6. The molecule has 12 heteroatoms. The van der Waals surface area contributed by atoms with Gasteiger partial charge in [-0.2, -0.15) is 26.3 Å². The highest BCUT2D eigenvalue weighted by Gasteiger charge is 2.68. The van der Waals surface area contributed by atoms with Crippen molar-refractivity contribution in [2.24, 2.45) is 4.99 Å². The van der Waals surface area contributed by atoms with E-state index < -0.39 is 48.7 Å². The maximum absolute atomic E-state index is 13.3. The minimum absolute atomic E-state index is 0.119. The van der Waals surface area contributed by atoms with E-state index in [1.165, 1.54) is 6.08 Å². The van der Waals surface area contributed by atoms with Gasteiger partial charge < -0.3 is 19.1 Å². The number of hydrogen-bond donors (Lipinski definition) is 0. The molecule has 0 N–H and O–H groups in total. The first-order valence-electron chi connectivity index (χ1n) is 11.7. The molecule has 1 aromatic rings. The number of morpholine rings is 1. The van der Waals surface area contributed by atoms with Gasteiger partial charge in [-0.15, -0.1) is 0 Å². The van der Waals surface area contributed by atoms with E-state index >= 15 is 0 Å². The first kappa shape index (κ1) is 25.9. The number of carbonyl (C=O) groups is 1. The Morgan fingerprint density at radius 1 is 1.08 bits per heavy atom. The van der Waals surface area contributed by atoms with Crippen LogP contribution < -0.4 is 0 Å². The number of alkyl halides is 6. The second kappa shape index (κ2) is 8.67. The minimum Gasteiger partial charge on any atom is -0.349 e. The van der Waals surface area contributed by atoms with Crippen LogP contribution in [0.15, 0.2) is 59.1 Å². The third-order valence-electron chi connectivity index (χ3n) is 7.18. The Balaban J connectivity index is 1.56. The molecule has 0 bridgehead atoms. The number of benzene rings is 1. The molecule has 200 valence electrons. The molecule has 1 aromatic carbocycles. The number of ether oxygens (including phenoxy) is 3. The predicted octanol–water partition coefficient (Wildman–Crippen LogP) is 4.51. The number of amides is 1. The minimum atomic E-state index is -4.82. The lowest BCUT2D eigenvalue weighted by molar-refractivity contribution is -0.274. The van der Waals surface area contributed by atoms with Gasteiger partial charge in [0.1, 0.15) is 18.8 Å². The average molecular weight is 530 g/mol. The van der Waals surface area contributed by atoms with Crippen LogP contribution in [0.25, 0.3) is 0 Å². The maximum Gasteiger partial charge on any atom is 0.411 e. The van der Waals surface area contributed by atoms with Crippen molar-refractivity contribution in [2.45, 2.75) is 61.6 Å². The van der Waals surface area contributed by atoms with Crippen LogP contribution >= 0.6 is 0 Å². The number of nitrogens with zero attached hydrogens (tertiary/aromatic N) is 2. The fraction of sp³-hybridized carbons (Fsp3) is 0.520. The Kier molecular flexibility index (Phi) is 6.08. The van der Waals surface area contributed by atoms with Gasteiger partial charge in [0.05, 0.1) is 18.4 Å². The molecule has 0 aromatic heterocycles. The van der Waals surface area contributed by atoms with Gasteiger partial charge in [0, 0.05) is 12.0 Å². The molecule has 3 atom stereocenters. The molecule has 1 amide bonds. The lowest BCUT2D eigenvalue weighted by Gasteiger charge is -2.53. The van der Waals surface area contributed by atoms with Crippen molar-refractivity contribution < 1.29 is 45.3 Å². The van der Waals surface area contributed by atoms with Gasteiger partial charge in [-0.3, -0.25) is 4.79 Å². The molecular weight excluding hydrogens is 506 g/mol. The predicted molar refractivity (Wildman–Crippen MR) is 119 cm³/mol. The fourth-order valence-electron chi connectivity index (χ4n) is 5.72. The summed E-state index contributed by atoms with van der Waals surface area (Å²) in [5, 5.41) is 0. The standard InChI is InChI=1S/C25H24F6N2O4/c1-21-23(10-8-20(34)33(23)17(13-35-21)11-16-5-3-2-4-6-16)18-12-22(9-7-19(18)32-21,36-14-24(26,27)28)37-15-25(29,30)31/h2-7,9,12,17H,8,10-11,13-15H2,1H3/t17-,21-,23-/m0/s1. The van der Waals surface area contributed by atoms with E-state index in [1.54, 1.807) is 11.8 Å². The fourth-order valence-corrected chi connectivity index (χ4v) is 5.72. The summed E-state index contributed by atoms with van der Waals surface area (Å²) in [5.74, 6) is -2.66. The van der Waals surface area contributed by atoms with Gasteiger partial charge >= 0.3 is 12.4 Å². The lowest BCUT2D eigenvalue weighted by Crippen LogP contribution is -2.68. The van der Waals surface area contributed by atoms with E-state index in [0.29, 0.717) is 12.1 Å². The van der Waals surface area contributed by atoms with Gasteiger partial charge in [-0.05, 0) is 43.6 Å². The van der Waals surface area contributed by atoms with Crippen molar-refractivity contribution in [3.63, 3.8) is 0 Å². The summed E-state index contributed by atoms with van der Waals surface area (Å²) in [6.07, 6.45) is -5.51. The summed E-state index contributed by atoms with van der Waals surface area (Å²) in [5.41, 5.74) is -1.03. The molecule has 0 saturated carbocycles. The smallest absolute Gasteiger partial charge is 0.349 e. The Morgan fingerprint density at radius 2 is 1.73 bits per heavy atom. The Bertz CT molecular complexity index is 1140. The number of allylic oxidation sites excluding steroid dienone is 1. The van der Waals surface area contributed by atoms with Crippen LogP contribution in [0.5, 0.6) is 0 Å². The van der Waals surface area contributed by atoms with E-state index in [2.05, 4.69) is 4.99 Å². The maximum atomic E-state index is 13.3. The second-order valence-corrected chi connectivity index (χ2v) is 9.68. The van der Waals surface area contributed by atoms with Crippen LogP contribution in [0.1, 0.15) is 25.3 Å². The molecule has 2 saturated heterocycles. The third kappa shape index (κ3) is 4.59. The molecule has 1 aliphatic carbocycles. The quantitative estimate of drug-likeness (QED) is 0.401. The van der Waals surface area contributed by atoms with Gasteiger partial charge in [0.15, 0.2) is 5.72 Å². The lowest BCUT2D eigenvalue weighted by atomic mass is 9.75. The number of rotatable bonds is 6. The molecular formula is C25H24F6N2O4. The highest BCUT2D eigenvalue weighted by atomic mass is 19.4. The summed E-state index contributed by atoms with van der Waals surface area (Å²) in [6.45, 7) is -1.85. The van der Waals surface area contributed by atoms with Crippen LogP contribution in [-0.4, -0.2) is 71.8 Å². The van der Waals surface area contributed by atoms with Crippen LogP contribution in [0.3, 0.4) is 0 Å². The normalized spacial score (nSPS) is 30.5. The molecule has 1 spiro atoms. The van der Waals surface area contributed by atoms with Crippen molar-refractivity contribution >= 4 is 11.6 Å². The molecule has 6 nitrogen and oxygen atoms in total. The molecule has 2 fully saturated rings. The van der Waals surface area contributed by atoms with Gasteiger partial charge in [-0.25, -0.2) is 4.99 Å². The second-order valence-electron chi connectivity index (χ2n) is 9.68. The summed E-state index contributed by atoms with van der Waals surface area (Å²) in [4.78, 5) is 19.6.